The molecule has 4 aromatic rings. The van der Waals surface area contributed by atoms with Crippen LogP contribution in [0.1, 0.15) is 39.4 Å². The van der Waals surface area contributed by atoms with E-state index in [1.54, 1.807) is 60.5 Å². The van der Waals surface area contributed by atoms with Crippen LogP contribution in [0.2, 0.25) is 0 Å². The Morgan fingerprint density at radius 3 is 2.06 bits per heavy atom. The molecule has 4 rings (SSSR count). The molecule has 0 saturated carbocycles. The zero-order valence-corrected chi connectivity index (χ0v) is 17.2. The highest BCUT2D eigenvalue weighted by atomic mass is 16.5. The number of nitrogens with zero attached hydrogens (tertiary/aromatic N) is 1. The number of fused-ring (bicyclic) bond motifs is 1. The molecule has 6 heteroatoms. The lowest BCUT2D eigenvalue weighted by atomic mass is 10.1. The SMILES string of the molecule is CC(c1cc2ccccc2o1)N(C)C(=O)c1ccc(Oc2ccc(C(N)=O)cc2)cc1. The van der Waals surface area contributed by atoms with E-state index < -0.39 is 5.91 Å². The predicted molar refractivity (Wildman–Crippen MR) is 118 cm³/mol. The lowest BCUT2D eigenvalue weighted by Crippen LogP contribution is -2.29. The Morgan fingerprint density at radius 1 is 0.903 bits per heavy atom. The van der Waals surface area contributed by atoms with Crippen molar-refractivity contribution in [3.63, 3.8) is 0 Å². The largest absolute Gasteiger partial charge is 0.459 e. The van der Waals surface area contributed by atoms with Crippen LogP contribution < -0.4 is 10.5 Å². The van der Waals surface area contributed by atoms with Crippen molar-refractivity contribution in [1.29, 1.82) is 0 Å². The van der Waals surface area contributed by atoms with Gasteiger partial charge in [0, 0.05) is 23.6 Å². The number of carbonyl (C=O) groups is 2. The first-order valence-corrected chi connectivity index (χ1v) is 9.86. The molecule has 2 N–H and O–H groups in total. The Bertz CT molecular complexity index is 1190. The summed E-state index contributed by atoms with van der Waals surface area (Å²) in [5.41, 5.74) is 7.00. The Labute approximate surface area is 179 Å². The lowest BCUT2D eigenvalue weighted by molar-refractivity contribution is 0.0727. The van der Waals surface area contributed by atoms with E-state index >= 15 is 0 Å². The maximum atomic E-state index is 12.9. The minimum absolute atomic E-state index is 0.120. The number of para-hydroxylation sites is 1. The summed E-state index contributed by atoms with van der Waals surface area (Å²) < 4.78 is 11.7. The summed E-state index contributed by atoms with van der Waals surface area (Å²) in [4.78, 5) is 25.7. The molecular formula is C25H22N2O4. The molecule has 0 aliphatic rings. The number of nitrogens with two attached hydrogens (primary N) is 1. The zero-order chi connectivity index (χ0) is 22.0. The molecule has 1 unspecified atom stereocenters. The molecule has 1 heterocycles. The van der Waals surface area contributed by atoms with Gasteiger partial charge in [-0.15, -0.1) is 0 Å². The lowest BCUT2D eigenvalue weighted by Gasteiger charge is -2.23. The van der Waals surface area contributed by atoms with Crippen LogP contribution in [0.3, 0.4) is 0 Å². The smallest absolute Gasteiger partial charge is 0.254 e. The Hall–Kier alpha value is -4.06. The van der Waals surface area contributed by atoms with E-state index in [1.165, 1.54) is 0 Å². The number of ether oxygens (including phenoxy) is 1. The molecule has 0 fully saturated rings. The Kier molecular flexibility index (Phi) is 5.45. The second kappa shape index (κ2) is 8.36. The molecule has 3 aromatic carbocycles. The molecular weight excluding hydrogens is 392 g/mol. The van der Waals surface area contributed by atoms with Crippen LogP contribution in [0.25, 0.3) is 11.0 Å². The fraction of sp³-hybridized carbons (Fsp3) is 0.120. The molecule has 1 atom stereocenters. The van der Waals surface area contributed by atoms with Crippen molar-refractivity contribution < 1.29 is 18.7 Å². The van der Waals surface area contributed by atoms with Crippen LogP contribution in [0.15, 0.2) is 83.3 Å². The summed E-state index contributed by atoms with van der Waals surface area (Å²) in [7, 11) is 1.75. The first-order chi connectivity index (χ1) is 14.9. The van der Waals surface area contributed by atoms with E-state index in [4.69, 9.17) is 14.9 Å². The van der Waals surface area contributed by atoms with Gasteiger partial charge in [0.2, 0.25) is 5.91 Å². The van der Waals surface area contributed by atoms with Gasteiger partial charge in [-0.25, -0.2) is 0 Å². The highest BCUT2D eigenvalue weighted by Crippen LogP contribution is 2.28. The van der Waals surface area contributed by atoms with E-state index in [0.29, 0.717) is 22.6 Å². The van der Waals surface area contributed by atoms with Gasteiger partial charge in [-0.05, 0) is 67.6 Å². The van der Waals surface area contributed by atoms with Crippen molar-refractivity contribution in [2.45, 2.75) is 13.0 Å². The maximum Gasteiger partial charge on any atom is 0.254 e. The molecule has 0 spiro atoms. The van der Waals surface area contributed by atoms with Gasteiger partial charge in [0.05, 0.1) is 6.04 Å². The summed E-state index contributed by atoms with van der Waals surface area (Å²) in [6, 6.07) is 23.0. The van der Waals surface area contributed by atoms with E-state index in [1.807, 2.05) is 37.3 Å². The minimum atomic E-state index is -0.490. The highest BCUT2D eigenvalue weighted by Gasteiger charge is 2.22. The van der Waals surface area contributed by atoms with Gasteiger partial charge in [-0.1, -0.05) is 18.2 Å². The van der Waals surface area contributed by atoms with Crippen molar-refractivity contribution in [2.75, 3.05) is 7.05 Å². The third kappa shape index (κ3) is 4.28. The maximum absolute atomic E-state index is 12.9. The minimum Gasteiger partial charge on any atom is -0.459 e. The van der Waals surface area contributed by atoms with Crippen molar-refractivity contribution in [1.82, 2.24) is 4.90 Å². The van der Waals surface area contributed by atoms with Gasteiger partial charge in [0.1, 0.15) is 22.8 Å². The second-order valence-electron chi connectivity index (χ2n) is 7.29. The van der Waals surface area contributed by atoms with Gasteiger partial charge in [0.25, 0.3) is 5.91 Å². The number of amides is 2. The molecule has 0 bridgehead atoms. The third-order valence-corrected chi connectivity index (χ3v) is 5.23. The van der Waals surface area contributed by atoms with Crippen LogP contribution in [0.4, 0.5) is 0 Å². The van der Waals surface area contributed by atoms with Gasteiger partial charge in [0.15, 0.2) is 0 Å². The molecule has 6 nitrogen and oxygen atoms in total. The molecule has 0 aliphatic carbocycles. The van der Waals surface area contributed by atoms with Crippen molar-refractivity contribution >= 4 is 22.8 Å². The normalized spacial score (nSPS) is 11.8. The Morgan fingerprint density at radius 2 is 1.48 bits per heavy atom. The molecule has 156 valence electrons. The Balaban J connectivity index is 1.45. The summed E-state index contributed by atoms with van der Waals surface area (Å²) >= 11 is 0. The summed E-state index contributed by atoms with van der Waals surface area (Å²) in [5, 5.41) is 1.01. The third-order valence-electron chi connectivity index (χ3n) is 5.23. The number of hydrogen-bond acceptors (Lipinski definition) is 4. The van der Waals surface area contributed by atoms with E-state index in [9.17, 15) is 9.59 Å². The molecule has 2 amide bonds. The highest BCUT2D eigenvalue weighted by molar-refractivity contribution is 5.94. The van der Waals surface area contributed by atoms with Crippen molar-refractivity contribution in [3.05, 3.63) is 95.7 Å². The van der Waals surface area contributed by atoms with Gasteiger partial charge >= 0.3 is 0 Å². The number of furan rings is 1. The fourth-order valence-electron chi connectivity index (χ4n) is 3.27. The van der Waals surface area contributed by atoms with E-state index in [2.05, 4.69) is 0 Å². The zero-order valence-electron chi connectivity index (χ0n) is 17.2. The van der Waals surface area contributed by atoms with Crippen LogP contribution in [-0.2, 0) is 0 Å². The summed E-state index contributed by atoms with van der Waals surface area (Å²) in [6.45, 7) is 1.93. The number of benzene rings is 3. The first kappa shape index (κ1) is 20.2. The van der Waals surface area contributed by atoms with Crippen LogP contribution in [0, 0.1) is 0 Å². The monoisotopic (exact) mass is 414 g/mol. The average Bonchev–Trinajstić information content (AvgIpc) is 3.23. The topological polar surface area (TPSA) is 85.8 Å². The molecule has 31 heavy (non-hydrogen) atoms. The first-order valence-electron chi connectivity index (χ1n) is 9.86. The number of primary amides is 1. The molecule has 0 aliphatic heterocycles. The predicted octanol–water partition coefficient (Wildman–Crippen LogP) is 5.16. The van der Waals surface area contributed by atoms with E-state index in [0.717, 1.165) is 16.7 Å². The fourth-order valence-corrected chi connectivity index (χ4v) is 3.27. The van der Waals surface area contributed by atoms with Gasteiger partial charge in [-0.3, -0.25) is 9.59 Å². The van der Waals surface area contributed by atoms with Crippen molar-refractivity contribution in [3.8, 4) is 11.5 Å². The quantitative estimate of drug-likeness (QED) is 0.472. The summed E-state index contributed by atoms with van der Waals surface area (Å²) in [6.07, 6.45) is 0. The molecule has 0 saturated heterocycles. The standard InChI is InChI=1S/C25H22N2O4/c1-16(23-15-19-5-3-4-6-22(19)31-23)27(2)25(29)18-9-13-21(14-10-18)30-20-11-7-17(8-12-20)24(26)28/h3-16H,1-2H3,(H2,26,28). The molecule has 1 aromatic heterocycles. The number of rotatable bonds is 6. The number of carbonyl (C=O) groups excluding carboxylic acids is 2. The average molecular weight is 414 g/mol. The van der Waals surface area contributed by atoms with Crippen molar-refractivity contribution in [2.24, 2.45) is 5.73 Å². The van der Waals surface area contributed by atoms with Crippen LogP contribution >= 0.6 is 0 Å². The summed E-state index contributed by atoms with van der Waals surface area (Å²) in [5.74, 6) is 1.27. The van der Waals surface area contributed by atoms with Gasteiger partial charge < -0.3 is 19.8 Å². The molecule has 0 radical (unpaired) electrons. The second-order valence-corrected chi connectivity index (χ2v) is 7.29. The number of hydrogen-bond donors (Lipinski definition) is 1. The van der Waals surface area contributed by atoms with Crippen LogP contribution in [-0.4, -0.2) is 23.8 Å². The van der Waals surface area contributed by atoms with E-state index in [-0.39, 0.29) is 11.9 Å². The van der Waals surface area contributed by atoms with Crippen LogP contribution in [0.5, 0.6) is 11.5 Å². The van der Waals surface area contributed by atoms with Gasteiger partial charge in [-0.2, -0.15) is 0 Å².